The van der Waals surface area contributed by atoms with E-state index in [0.717, 1.165) is 12.1 Å². The minimum Gasteiger partial charge on any atom is -0.308 e. The molecule has 2 nitrogen and oxygen atoms in total. The fourth-order valence-corrected chi connectivity index (χ4v) is 5.19. The van der Waals surface area contributed by atoms with Gasteiger partial charge < -0.3 is 5.32 Å². The largest absolute Gasteiger partial charge is 0.308 e. The van der Waals surface area contributed by atoms with E-state index in [-0.39, 0.29) is 0 Å². The van der Waals surface area contributed by atoms with Gasteiger partial charge in [-0.1, -0.05) is 19.3 Å². The maximum Gasteiger partial charge on any atom is 0.0309 e. The van der Waals surface area contributed by atoms with Crippen LogP contribution in [0.1, 0.15) is 51.9 Å². The Hall–Kier alpha value is 0.270. The highest BCUT2D eigenvalue weighted by molar-refractivity contribution is 7.99. The second-order valence-corrected chi connectivity index (χ2v) is 7.81. The van der Waals surface area contributed by atoms with E-state index in [9.17, 15) is 0 Å². The van der Waals surface area contributed by atoms with Crippen LogP contribution < -0.4 is 5.32 Å². The minimum absolute atomic E-state index is 0.481. The molecule has 3 aliphatic rings. The molecule has 0 aromatic heterocycles. The first kappa shape index (κ1) is 13.3. The summed E-state index contributed by atoms with van der Waals surface area (Å²) in [5.41, 5.74) is 0.481. The molecule has 1 atom stereocenters. The number of hydrogen-bond donors (Lipinski definition) is 1. The predicted molar refractivity (Wildman–Crippen MR) is 80.3 cm³/mol. The molecular formula is C15H28N2S. The summed E-state index contributed by atoms with van der Waals surface area (Å²) in [6, 6.07) is 1.62. The normalized spacial score (nSPS) is 34.8. The zero-order valence-corrected chi connectivity index (χ0v) is 12.6. The number of piperazine rings is 1. The van der Waals surface area contributed by atoms with Gasteiger partial charge in [0.15, 0.2) is 0 Å². The summed E-state index contributed by atoms with van der Waals surface area (Å²) in [6.45, 7) is 4.96. The monoisotopic (exact) mass is 268 g/mol. The van der Waals surface area contributed by atoms with E-state index in [1.807, 2.05) is 0 Å². The molecule has 0 amide bonds. The molecule has 2 aliphatic heterocycles. The van der Waals surface area contributed by atoms with Gasteiger partial charge in [0.25, 0.3) is 0 Å². The van der Waals surface area contributed by atoms with Gasteiger partial charge in [0.05, 0.1) is 0 Å². The highest BCUT2D eigenvalue weighted by Gasteiger charge is 2.40. The quantitative estimate of drug-likeness (QED) is 0.787. The van der Waals surface area contributed by atoms with Crippen molar-refractivity contribution in [1.82, 2.24) is 10.2 Å². The van der Waals surface area contributed by atoms with Crippen molar-refractivity contribution >= 4 is 11.8 Å². The lowest BCUT2D eigenvalue weighted by molar-refractivity contribution is 0.0280. The summed E-state index contributed by atoms with van der Waals surface area (Å²) in [4.78, 5) is 2.86. The molecule has 1 aliphatic carbocycles. The molecule has 3 fully saturated rings. The topological polar surface area (TPSA) is 15.3 Å². The fourth-order valence-electron chi connectivity index (χ4n) is 4.11. The van der Waals surface area contributed by atoms with E-state index in [0.29, 0.717) is 5.54 Å². The molecule has 1 spiro atoms. The van der Waals surface area contributed by atoms with Gasteiger partial charge in [0.1, 0.15) is 0 Å². The van der Waals surface area contributed by atoms with Crippen molar-refractivity contribution in [3.63, 3.8) is 0 Å². The number of nitrogens with zero attached hydrogens (tertiary/aromatic N) is 1. The van der Waals surface area contributed by atoms with Gasteiger partial charge in [-0.25, -0.2) is 0 Å². The highest BCUT2D eigenvalue weighted by Crippen LogP contribution is 2.34. The van der Waals surface area contributed by atoms with E-state index >= 15 is 0 Å². The van der Waals surface area contributed by atoms with Crippen molar-refractivity contribution in [3.05, 3.63) is 0 Å². The Bertz CT molecular complexity index is 270. The van der Waals surface area contributed by atoms with Crippen LogP contribution in [0.5, 0.6) is 0 Å². The van der Waals surface area contributed by atoms with Crippen LogP contribution in [0.2, 0.25) is 0 Å². The van der Waals surface area contributed by atoms with Crippen molar-refractivity contribution in [1.29, 1.82) is 0 Å². The molecule has 2 saturated heterocycles. The van der Waals surface area contributed by atoms with Gasteiger partial charge in [-0.05, 0) is 44.1 Å². The SMILES string of the molecule is CC1CNC2(CCCCC2)CN1C1CCSCC1. The molecule has 0 aromatic rings. The second kappa shape index (κ2) is 5.72. The van der Waals surface area contributed by atoms with Gasteiger partial charge in [0, 0.05) is 30.7 Å². The van der Waals surface area contributed by atoms with Crippen molar-refractivity contribution in [2.45, 2.75) is 69.5 Å². The molecule has 2 heterocycles. The average Bonchev–Trinajstić information content (AvgIpc) is 2.44. The van der Waals surface area contributed by atoms with Crippen LogP contribution in [0.4, 0.5) is 0 Å². The summed E-state index contributed by atoms with van der Waals surface area (Å²) in [5.74, 6) is 2.77. The third-order valence-electron chi connectivity index (χ3n) is 5.29. The zero-order valence-electron chi connectivity index (χ0n) is 11.8. The van der Waals surface area contributed by atoms with E-state index in [1.54, 1.807) is 0 Å². The van der Waals surface area contributed by atoms with E-state index in [2.05, 4.69) is 28.9 Å². The summed E-state index contributed by atoms with van der Waals surface area (Å²) < 4.78 is 0. The predicted octanol–water partition coefficient (Wildman–Crippen LogP) is 2.88. The van der Waals surface area contributed by atoms with Crippen LogP contribution in [0, 0.1) is 0 Å². The van der Waals surface area contributed by atoms with E-state index in [4.69, 9.17) is 0 Å². The van der Waals surface area contributed by atoms with Crippen LogP contribution in [0.15, 0.2) is 0 Å². The molecule has 0 radical (unpaired) electrons. The lowest BCUT2D eigenvalue weighted by atomic mass is 9.79. The summed E-state index contributed by atoms with van der Waals surface area (Å²) >= 11 is 2.15. The highest BCUT2D eigenvalue weighted by atomic mass is 32.2. The molecule has 1 saturated carbocycles. The molecule has 3 rings (SSSR count). The van der Waals surface area contributed by atoms with Crippen molar-refractivity contribution in [3.8, 4) is 0 Å². The molecule has 1 unspecified atom stereocenters. The Kier molecular flexibility index (Phi) is 4.21. The first-order chi connectivity index (χ1) is 8.79. The molecular weight excluding hydrogens is 240 g/mol. The first-order valence-corrected chi connectivity index (χ1v) is 9.03. The van der Waals surface area contributed by atoms with Crippen LogP contribution in [-0.2, 0) is 0 Å². The summed E-state index contributed by atoms with van der Waals surface area (Å²) in [6.07, 6.45) is 10.0. The number of thioether (sulfide) groups is 1. The second-order valence-electron chi connectivity index (χ2n) is 6.59. The average molecular weight is 268 g/mol. The molecule has 0 aromatic carbocycles. The van der Waals surface area contributed by atoms with E-state index < -0.39 is 0 Å². The van der Waals surface area contributed by atoms with Crippen LogP contribution >= 0.6 is 11.8 Å². The number of rotatable bonds is 1. The lowest BCUT2D eigenvalue weighted by Gasteiger charge is -2.52. The molecule has 3 heteroatoms. The Labute approximate surface area is 116 Å². The first-order valence-electron chi connectivity index (χ1n) is 7.88. The Morgan fingerprint density at radius 2 is 1.83 bits per heavy atom. The third-order valence-corrected chi connectivity index (χ3v) is 6.34. The summed E-state index contributed by atoms with van der Waals surface area (Å²) in [5, 5.41) is 3.91. The Morgan fingerprint density at radius 1 is 1.11 bits per heavy atom. The van der Waals surface area contributed by atoms with Crippen LogP contribution in [0.25, 0.3) is 0 Å². The zero-order chi connectivity index (χ0) is 12.4. The number of hydrogen-bond acceptors (Lipinski definition) is 3. The van der Waals surface area contributed by atoms with Gasteiger partial charge >= 0.3 is 0 Å². The lowest BCUT2D eigenvalue weighted by Crippen LogP contribution is -2.66. The molecule has 18 heavy (non-hydrogen) atoms. The maximum absolute atomic E-state index is 3.91. The van der Waals surface area contributed by atoms with Gasteiger partial charge in [-0.2, -0.15) is 11.8 Å². The molecule has 1 N–H and O–H groups in total. The van der Waals surface area contributed by atoms with Gasteiger partial charge in [0.2, 0.25) is 0 Å². The van der Waals surface area contributed by atoms with Crippen molar-refractivity contribution in [2.24, 2.45) is 0 Å². The van der Waals surface area contributed by atoms with Gasteiger partial charge in [-0.3, -0.25) is 4.90 Å². The standard InChI is InChI=1S/C15H28N2S/c1-13-11-16-15(7-3-2-4-8-15)12-17(13)14-5-9-18-10-6-14/h13-14,16H,2-12H2,1H3. The van der Waals surface area contributed by atoms with Crippen LogP contribution in [0.3, 0.4) is 0 Å². The Balaban J connectivity index is 1.67. The van der Waals surface area contributed by atoms with E-state index in [1.165, 1.54) is 69.5 Å². The minimum atomic E-state index is 0.481. The van der Waals surface area contributed by atoms with Crippen molar-refractivity contribution in [2.75, 3.05) is 24.6 Å². The smallest absolute Gasteiger partial charge is 0.0309 e. The molecule has 104 valence electrons. The molecule has 0 bridgehead atoms. The van der Waals surface area contributed by atoms with Crippen molar-refractivity contribution < 1.29 is 0 Å². The Morgan fingerprint density at radius 3 is 2.56 bits per heavy atom. The van der Waals surface area contributed by atoms with Crippen LogP contribution in [-0.4, -0.2) is 47.1 Å². The fraction of sp³-hybridized carbons (Fsp3) is 1.00. The summed E-state index contributed by atoms with van der Waals surface area (Å²) in [7, 11) is 0. The third kappa shape index (κ3) is 2.73. The maximum atomic E-state index is 3.91. The van der Waals surface area contributed by atoms with Gasteiger partial charge in [-0.15, -0.1) is 0 Å². The number of nitrogens with one attached hydrogen (secondary N) is 1.